The summed E-state index contributed by atoms with van der Waals surface area (Å²) in [5.41, 5.74) is 1.65. The van der Waals surface area contributed by atoms with Gasteiger partial charge in [0, 0.05) is 28.4 Å². The van der Waals surface area contributed by atoms with Crippen LogP contribution >= 0.6 is 34.8 Å². The Morgan fingerprint density at radius 3 is 2.60 bits per heavy atom. The lowest BCUT2D eigenvalue weighted by molar-refractivity contribution is -0.384. The summed E-state index contributed by atoms with van der Waals surface area (Å²) in [6.07, 6.45) is 0. The molecule has 0 saturated heterocycles. The molecule has 0 aliphatic rings. The van der Waals surface area contributed by atoms with Crippen LogP contribution in [-0.4, -0.2) is 15.8 Å². The number of oxazole rings is 1. The molecule has 0 unspecified atom stereocenters. The summed E-state index contributed by atoms with van der Waals surface area (Å²) in [5.74, 6) is -0.299. The van der Waals surface area contributed by atoms with Gasteiger partial charge in [0.2, 0.25) is 5.89 Å². The minimum atomic E-state index is -0.599. The standard InChI is InChI=1S/C20H10Cl3N3O4/c21-11-7-16(23)18-17(8-11)25-20(30-18)10-2-1-3-12(6-10)24-19(27)14-9-13(26(28)29)4-5-15(14)22/h1-9H,(H,24,27). The molecule has 0 spiro atoms. The average molecular weight is 463 g/mol. The van der Waals surface area contributed by atoms with Crippen LogP contribution in [0.25, 0.3) is 22.6 Å². The molecule has 0 aliphatic heterocycles. The van der Waals surface area contributed by atoms with Gasteiger partial charge in [0.15, 0.2) is 5.58 Å². The van der Waals surface area contributed by atoms with E-state index in [-0.39, 0.29) is 16.3 Å². The first-order chi connectivity index (χ1) is 14.3. The van der Waals surface area contributed by atoms with Gasteiger partial charge < -0.3 is 9.73 Å². The highest BCUT2D eigenvalue weighted by molar-refractivity contribution is 6.38. The first kappa shape index (κ1) is 20.2. The van der Waals surface area contributed by atoms with Crippen molar-refractivity contribution in [2.45, 2.75) is 0 Å². The Morgan fingerprint density at radius 1 is 1.03 bits per heavy atom. The van der Waals surface area contributed by atoms with Crippen LogP contribution in [0.15, 0.2) is 59.0 Å². The van der Waals surface area contributed by atoms with E-state index in [0.29, 0.717) is 38.3 Å². The van der Waals surface area contributed by atoms with E-state index in [0.717, 1.165) is 6.07 Å². The quantitative estimate of drug-likeness (QED) is 0.271. The number of nitro benzene ring substituents is 1. The van der Waals surface area contributed by atoms with Crippen LogP contribution in [0.5, 0.6) is 0 Å². The van der Waals surface area contributed by atoms with E-state index in [1.165, 1.54) is 12.1 Å². The number of carbonyl (C=O) groups is 1. The van der Waals surface area contributed by atoms with Crippen LogP contribution in [-0.2, 0) is 0 Å². The zero-order valence-corrected chi connectivity index (χ0v) is 17.1. The Kier molecular flexibility index (Phi) is 5.34. The molecule has 1 aromatic heterocycles. The van der Waals surface area contributed by atoms with Crippen LogP contribution in [0, 0.1) is 10.1 Å². The van der Waals surface area contributed by atoms with Crippen LogP contribution in [0.3, 0.4) is 0 Å². The number of hydrogen-bond acceptors (Lipinski definition) is 5. The number of amides is 1. The van der Waals surface area contributed by atoms with Crippen molar-refractivity contribution in [3.8, 4) is 11.5 Å². The van der Waals surface area contributed by atoms with Crippen molar-refractivity contribution in [2.24, 2.45) is 0 Å². The fourth-order valence-electron chi connectivity index (χ4n) is 2.81. The second-order valence-electron chi connectivity index (χ2n) is 6.21. The number of fused-ring (bicyclic) bond motifs is 1. The van der Waals surface area contributed by atoms with Crippen LogP contribution in [0.2, 0.25) is 15.1 Å². The van der Waals surface area contributed by atoms with Gasteiger partial charge in [-0.1, -0.05) is 40.9 Å². The van der Waals surface area contributed by atoms with Crippen LogP contribution < -0.4 is 5.32 Å². The molecule has 1 amide bonds. The summed E-state index contributed by atoms with van der Waals surface area (Å²) in [5, 5.41) is 14.5. The Labute approximate surface area is 184 Å². The molecule has 3 aromatic carbocycles. The number of carbonyl (C=O) groups excluding carboxylic acids is 1. The van der Waals surface area contributed by atoms with E-state index >= 15 is 0 Å². The Morgan fingerprint density at radius 2 is 1.83 bits per heavy atom. The van der Waals surface area contributed by atoms with Gasteiger partial charge in [-0.25, -0.2) is 4.98 Å². The number of non-ortho nitro benzene ring substituents is 1. The third-order valence-corrected chi connectivity index (χ3v) is 5.01. The van der Waals surface area contributed by atoms with Gasteiger partial charge in [-0.3, -0.25) is 14.9 Å². The van der Waals surface area contributed by atoms with E-state index in [2.05, 4.69) is 10.3 Å². The number of nitro groups is 1. The third kappa shape index (κ3) is 3.95. The van der Waals surface area contributed by atoms with Gasteiger partial charge in [0.25, 0.3) is 11.6 Å². The highest BCUT2D eigenvalue weighted by Gasteiger charge is 2.17. The molecule has 10 heteroatoms. The first-order valence-electron chi connectivity index (χ1n) is 8.43. The fraction of sp³-hybridized carbons (Fsp3) is 0. The molecule has 0 radical (unpaired) electrons. The Bertz CT molecular complexity index is 1320. The first-order valence-corrected chi connectivity index (χ1v) is 9.56. The number of nitrogens with zero attached hydrogens (tertiary/aromatic N) is 2. The molecule has 1 N–H and O–H groups in total. The molecule has 0 saturated carbocycles. The number of benzene rings is 3. The Balaban J connectivity index is 1.65. The number of aromatic nitrogens is 1. The van der Waals surface area contributed by atoms with E-state index in [1.54, 1.807) is 36.4 Å². The number of nitrogens with one attached hydrogen (secondary N) is 1. The maximum absolute atomic E-state index is 12.6. The molecular formula is C20H10Cl3N3O4. The van der Waals surface area contributed by atoms with Crippen molar-refractivity contribution in [1.82, 2.24) is 4.98 Å². The summed E-state index contributed by atoms with van der Waals surface area (Å²) in [6, 6.07) is 13.6. The molecule has 0 atom stereocenters. The van der Waals surface area contributed by atoms with Crippen molar-refractivity contribution in [3.05, 3.63) is 85.3 Å². The van der Waals surface area contributed by atoms with Gasteiger partial charge in [-0.15, -0.1) is 0 Å². The second-order valence-corrected chi connectivity index (χ2v) is 7.46. The molecule has 30 heavy (non-hydrogen) atoms. The van der Waals surface area contributed by atoms with E-state index in [9.17, 15) is 14.9 Å². The summed E-state index contributed by atoms with van der Waals surface area (Å²) >= 11 is 18.2. The predicted molar refractivity (Wildman–Crippen MR) is 116 cm³/mol. The predicted octanol–water partition coefficient (Wildman–Crippen LogP) is 6.62. The summed E-state index contributed by atoms with van der Waals surface area (Å²) in [4.78, 5) is 27.3. The molecule has 4 aromatic rings. The number of hydrogen-bond donors (Lipinski definition) is 1. The lowest BCUT2D eigenvalue weighted by atomic mass is 10.1. The minimum absolute atomic E-state index is 0.0143. The van der Waals surface area contributed by atoms with E-state index in [1.807, 2.05) is 0 Å². The molecule has 0 fully saturated rings. The summed E-state index contributed by atoms with van der Waals surface area (Å²) in [7, 11) is 0. The number of anilines is 1. The van der Waals surface area contributed by atoms with Crippen molar-refractivity contribution >= 4 is 63.2 Å². The highest BCUT2D eigenvalue weighted by Crippen LogP contribution is 2.32. The Hall–Kier alpha value is -3.13. The molecule has 0 aliphatic carbocycles. The molecule has 150 valence electrons. The smallest absolute Gasteiger partial charge is 0.270 e. The van der Waals surface area contributed by atoms with Gasteiger partial charge in [0.1, 0.15) is 5.52 Å². The van der Waals surface area contributed by atoms with Gasteiger partial charge >= 0.3 is 0 Å². The topological polar surface area (TPSA) is 98.3 Å². The molecule has 4 rings (SSSR count). The SMILES string of the molecule is O=C(Nc1cccc(-c2nc3cc(Cl)cc(Cl)c3o2)c1)c1cc([N+](=O)[O-])ccc1Cl. The summed E-state index contributed by atoms with van der Waals surface area (Å²) in [6.45, 7) is 0. The van der Waals surface area contributed by atoms with Crippen molar-refractivity contribution < 1.29 is 14.1 Å². The zero-order valence-electron chi connectivity index (χ0n) is 14.9. The highest BCUT2D eigenvalue weighted by atomic mass is 35.5. The second kappa shape index (κ2) is 7.95. The third-order valence-electron chi connectivity index (χ3n) is 4.18. The van der Waals surface area contributed by atoms with Gasteiger partial charge in [-0.05, 0) is 36.4 Å². The lowest BCUT2D eigenvalue weighted by Crippen LogP contribution is -2.12. The van der Waals surface area contributed by atoms with Crippen molar-refractivity contribution in [3.63, 3.8) is 0 Å². The average Bonchev–Trinajstić information content (AvgIpc) is 3.12. The van der Waals surface area contributed by atoms with Crippen LogP contribution in [0.1, 0.15) is 10.4 Å². The maximum Gasteiger partial charge on any atom is 0.270 e. The number of halogens is 3. The van der Waals surface area contributed by atoms with E-state index < -0.39 is 10.8 Å². The minimum Gasteiger partial charge on any atom is -0.435 e. The fourth-order valence-corrected chi connectivity index (χ4v) is 3.54. The summed E-state index contributed by atoms with van der Waals surface area (Å²) < 4.78 is 5.74. The van der Waals surface area contributed by atoms with Crippen LogP contribution in [0.4, 0.5) is 11.4 Å². The zero-order chi connectivity index (χ0) is 21.4. The molecule has 7 nitrogen and oxygen atoms in total. The van der Waals surface area contributed by atoms with E-state index in [4.69, 9.17) is 39.2 Å². The maximum atomic E-state index is 12.6. The molecule has 0 bridgehead atoms. The van der Waals surface area contributed by atoms with Crippen molar-refractivity contribution in [1.29, 1.82) is 0 Å². The lowest BCUT2D eigenvalue weighted by Gasteiger charge is -2.07. The number of rotatable bonds is 4. The van der Waals surface area contributed by atoms with Gasteiger partial charge in [0.05, 0.1) is 20.5 Å². The largest absolute Gasteiger partial charge is 0.435 e. The molecular weight excluding hydrogens is 453 g/mol. The molecule has 1 heterocycles. The normalized spacial score (nSPS) is 10.9. The van der Waals surface area contributed by atoms with Gasteiger partial charge in [-0.2, -0.15) is 0 Å². The van der Waals surface area contributed by atoms with Crippen molar-refractivity contribution in [2.75, 3.05) is 5.32 Å². The monoisotopic (exact) mass is 461 g/mol.